The summed E-state index contributed by atoms with van der Waals surface area (Å²) in [6, 6.07) is 18.2. The summed E-state index contributed by atoms with van der Waals surface area (Å²) in [6.45, 7) is 0. The van der Waals surface area contributed by atoms with Crippen LogP contribution in [0, 0.1) is 0 Å². The van der Waals surface area contributed by atoms with Crippen molar-refractivity contribution >= 4 is 22.9 Å². The summed E-state index contributed by atoms with van der Waals surface area (Å²) in [5.41, 5.74) is 3.10. The Morgan fingerprint density at radius 2 is 1.72 bits per heavy atom. The highest BCUT2D eigenvalue weighted by Gasteiger charge is 2.06. The number of nitrogens with zero attached hydrogens (tertiary/aromatic N) is 1. The molecule has 0 radical (unpaired) electrons. The molecule has 1 aromatic carbocycles. The number of hydrogen-bond donors (Lipinski definition) is 0. The molecule has 0 aliphatic carbocycles. The largest absolute Gasteiger partial charge is 0.236 e. The molecule has 0 spiro atoms. The van der Waals surface area contributed by atoms with Gasteiger partial charge in [-0.3, -0.25) is 0 Å². The first-order valence-corrected chi connectivity index (χ1v) is 6.85. The number of aromatic nitrogens is 1. The van der Waals surface area contributed by atoms with Crippen molar-refractivity contribution in [3.05, 3.63) is 65.1 Å². The maximum Gasteiger partial charge on any atom is 0.130 e. The van der Waals surface area contributed by atoms with Crippen molar-refractivity contribution in [2.24, 2.45) is 0 Å². The number of rotatable bonds is 2. The Morgan fingerprint density at radius 3 is 2.44 bits per heavy atom. The van der Waals surface area contributed by atoms with Gasteiger partial charge in [-0.1, -0.05) is 48.0 Å². The summed E-state index contributed by atoms with van der Waals surface area (Å²) in [5, 5.41) is 2.59. The maximum absolute atomic E-state index is 6.11. The molecular formula is C15H10ClNS. The lowest BCUT2D eigenvalue weighted by atomic mass is 10.1. The highest BCUT2D eigenvalue weighted by Crippen LogP contribution is 2.30. The molecule has 0 saturated carbocycles. The second kappa shape index (κ2) is 4.92. The molecule has 18 heavy (non-hydrogen) atoms. The van der Waals surface area contributed by atoms with Gasteiger partial charge in [0.05, 0.1) is 5.69 Å². The Hall–Kier alpha value is -1.64. The summed E-state index contributed by atoms with van der Waals surface area (Å²) in [7, 11) is 0. The molecule has 0 amide bonds. The van der Waals surface area contributed by atoms with Crippen LogP contribution in [-0.2, 0) is 0 Å². The first-order chi connectivity index (χ1) is 8.83. The molecule has 0 atom stereocenters. The van der Waals surface area contributed by atoms with Crippen LogP contribution in [0.3, 0.4) is 0 Å². The van der Waals surface area contributed by atoms with Gasteiger partial charge in [-0.05, 0) is 29.1 Å². The van der Waals surface area contributed by atoms with Gasteiger partial charge in [-0.2, -0.15) is 0 Å². The molecule has 0 aliphatic rings. The van der Waals surface area contributed by atoms with Crippen molar-refractivity contribution in [1.82, 2.24) is 4.98 Å². The quantitative estimate of drug-likeness (QED) is 0.589. The predicted octanol–water partition coefficient (Wildman–Crippen LogP) is 5.13. The normalized spacial score (nSPS) is 10.5. The van der Waals surface area contributed by atoms with Crippen LogP contribution in [0.1, 0.15) is 0 Å². The fourth-order valence-electron chi connectivity index (χ4n) is 1.84. The molecule has 0 N–H and O–H groups in total. The molecule has 1 nitrogen and oxygen atoms in total. The Kier molecular flexibility index (Phi) is 3.13. The van der Waals surface area contributed by atoms with Crippen molar-refractivity contribution in [3.8, 4) is 21.7 Å². The molecule has 0 aliphatic heterocycles. The summed E-state index contributed by atoms with van der Waals surface area (Å²) in [5.74, 6) is 0. The van der Waals surface area contributed by atoms with Crippen LogP contribution >= 0.6 is 22.9 Å². The van der Waals surface area contributed by atoms with E-state index < -0.39 is 0 Å². The lowest BCUT2D eigenvalue weighted by Gasteiger charge is -2.04. The molecule has 3 heteroatoms. The van der Waals surface area contributed by atoms with Crippen LogP contribution in [0.15, 0.2) is 60.0 Å². The van der Waals surface area contributed by atoms with Gasteiger partial charge in [0, 0.05) is 10.4 Å². The molecule has 0 bridgehead atoms. The van der Waals surface area contributed by atoms with Crippen molar-refractivity contribution < 1.29 is 0 Å². The van der Waals surface area contributed by atoms with E-state index in [1.807, 2.05) is 42.5 Å². The zero-order valence-corrected chi connectivity index (χ0v) is 11.1. The van der Waals surface area contributed by atoms with Crippen molar-refractivity contribution in [2.45, 2.75) is 0 Å². The number of halogens is 1. The number of benzene rings is 1. The molecule has 3 aromatic rings. The minimum absolute atomic E-state index is 0.528. The highest BCUT2D eigenvalue weighted by atomic mass is 35.5. The van der Waals surface area contributed by atoms with Gasteiger partial charge in [-0.25, -0.2) is 4.98 Å². The highest BCUT2D eigenvalue weighted by molar-refractivity contribution is 7.13. The van der Waals surface area contributed by atoms with E-state index in [1.54, 1.807) is 11.3 Å². The van der Waals surface area contributed by atoms with Gasteiger partial charge in [-0.15, -0.1) is 11.3 Å². The second-order valence-electron chi connectivity index (χ2n) is 3.91. The zero-order chi connectivity index (χ0) is 12.4. The molecule has 88 valence electrons. The van der Waals surface area contributed by atoms with Gasteiger partial charge >= 0.3 is 0 Å². The van der Waals surface area contributed by atoms with E-state index in [4.69, 9.17) is 11.6 Å². The van der Waals surface area contributed by atoms with Crippen LogP contribution in [0.25, 0.3) is 21.7 Å². The molecule has 3 rings (SSSR count). The first-order valence-electron chi connectivity index (χ1n) is 5.60. The van der Waals surface area contributed by atoms with Gasteiger partial charge in [0.25, 0.3) is 0 Å². The third-order valence-electron chi connectivity index (χ3n) is 2.67. The minimum Gasteiger partial charge on any atom is -0.236 e. The average molecular weight is 272 g/mol. The van der Waals surface area contributed by atoms with Gasteiger partial charge in [0.1, 0.15) is 5.15 Å². The van der Waals surface area contributed by atoms with Crippen molar-refractivity contribution in [2.75, 3.05) is 0 Å². The Bertz CT molecular complexity index is 648. The molecule has 2 aromatic heterocycles. The summed E-state index contributed by atoms with van der Waals surface area (Å²) >= 11 is 7.81. The SMILES string of the molecule is Clc1cc(-c2cccs2)cc(-c2ccccc2)n1. The van der Waals surface area contributed by atoms with E-state index in [2.05, 4.69) is 22.5 Å². The zero-order valence-electron chi connectivity index (χ0n) is 9.51. The van der Waals surface area contributed by atoms with Crippen LogP contribution in [-0.4, -0.2) is 4.98 Å². The van der Waals surface area contributed by atoms with Crippen LogP contribution < -0.4 is 0 Å². The Labute approximate surface area is 115 Å². The minimum atomic E-state index is 0.528. The number of pyridine rings is 1. The average Bonchev–Trinajstić information content (AvgIpc) is 2.93. The van der Waals surface area contributed by atoms with Gasteiger partial charge in [0.2, 0.25) is 0 Å². The van der Waals surface area contributed by atoms with E-state index in [-0.39, 0.29) is 0 Å². The molecular weight excluding hydrogens is 262 g/mol. The molecule has 2 heterocycles. The van der Waals surface area contributed by atoms with Crippen molar-refractivity contribution in [3.63, 3.8) is 0 Å². The maximum atomic E-state index is 6.11. The second-order valence-corrected chi connectivity index (χ2v) is 5.24. The summed E-state index contributed by atoms with van der Waals surface area (Å²) in [6.07, 6.45) is 0. The van der Waals surface area contributed by atoms with Crippen LogP contribution in [0.2, 0.25) is 5.15 Å². The standard InChI is InChI=1S/C15H10ClNS/c16-15-10-12(14-7-4-8-18-14)9-13(17-15)11-5-2-1-3-6-11/h1-10H. The third kappa shape index (κ3) is 2.30. The van der Waals surface area contributed by atoms with E-state index in [1.165, 1.54) is 4.88 Å². The van der Waals surface area contributed by atoms with E-state index in [0.29, 0.717) is 5.15 Å². The van der Waals surface area contributed by atoms with E-state index >= 15 is 0 Å². The van der Waals surface area contributed by atoms with Gasteiger partial charge in [0.15, 0.2) is 0 Å². The fourth-order valence-corrected chi connectivity index (χ4v) is 2.76. The Balaban J connectivity index is 2.12. The summed E-state index contributed by atoms with van der Waals surface area (Å²) < 4.78 is 0. The molecule has 0 saturated heterocycles. The Morgan fingerprint density at radius 1 is 0.889 bits per heavy atom. The summed E-state index contributed by atoms with van der Waals surface area (Å²) in [4.78, 5) is 5.59. The van der Waals surface area contributed by atoms with Gasteiger partial charge < -0.3 is 0 Å². The van der Waals surface area contributed by atoms with Crippen LogP contribution in [0.5, 0.6) is 0 Å². The monoisotopic (exact) mass is 271 g/mol. The van der Waals surface area contributed by atoms with E-state index in [0.717, 1.165) is 16.8 Å². The number of thiophene rings is 1. The molecule has 0 fully saturated rings. The van der Waals surface area contributed by atoms with Crippen LogP contribution in [0.4, 0.5) is 0 Å². The third-order valence-corrected chi connectivity index (χ3v) is 3.78. The number of hydrogen-bond acceptors (Lipinski definition) is 2. The van der Waals surface area contributed by atoms with E-state index in [9.17, 15) is 0 Å². The topological polar surface area (TPSA) is 12.9 Å². The predicted molar refractivity (Wildman–Crippen MR) is 78.0 cm³/mol. The fraction of sp³-hybridized carbons (Fsp3) is 0. The molecule has 0 unspecified atom stereocenters. The van der Waals surface area contributed by atoms with Crippen molar-refractivity contribution in [1.29, 1.82) is 0 Å². The lowest BCUT2D eigenvalue weighted by Crippen LogP contribution is -1.85. The smallest absolute Gasteiger partial charge is 0.130 e. The lowest BCUT2D eigenvalue weighted by molar-refractivity contribution is 1.33. The first kappa shape index (κ1) is 11.5.